The summed E-state index contributed by atoms with van der Waals surface area (Å²) in [7, 11) is 0. The Balaban J connectivity index is 1.79. The first-order valence-corrected chi connectivity index (χ1v) is 7.93. The number of thiazole rings is 1. The van der Waals surface area contributed by atoms with E-state index in [0.717, 1.165) is 21.8 Å². The van der Waals surface area contributed by atoms with Gasteiger partial charge in [0.2, 0.25) is 11.6 Å². The molecule has 8 nitrogen and oxygen atoms in total. The summed E-state index contributed by atoms with van der Waals surface area (Å²) in [6.45, 7) is 2.33. The molecule has 9 heteroatoms. The van der Waals surface area contributed by atoms with Crippen molar-refractivity contribution in [2.24, 2.45) is 0 Å². The maximum absolute atomic E-state index is 11.1. The molecule has 0 aliphatic carbocycles. The van der Waals surface area contributed by atoms with Crippen LogP contribution in [-0.2, 0) is 6.54 Å². The number of nitrogen functional groups attached to an aromatic ring is 1. The highest BCUT2D eigenvalue weighted by Crippen LogP contribution is 2.29. The van der Waals surface area contributed by atoms with Gasteiger partial charge >= 0.3 is 5.69 Å². The van der Waals surface area contributed by atoms with E-state index in [9.17, 15) is 10.1 Å². The van der Waals surface area contributed by atoms with E-state index in [2.05, 4.69) is 20.3 Å². The van der Waals surface area contributed by atoms with Gasteiger partial charge in [-0.3, -0.25) is 10.1 Å². The molecular formula is C15H14N6O2S. The summed E-state index contributed by atoms with van der Waals surface area (Å²) in [5.41, 5.74) is 8.20. The molecule has 0 spiro atoms. The number of benzene rings is 1. The summed E-state index contributed by atoms with van der Waals surface area (Å²) >= 11 is 1.52. The van der Waals surface area contributed by atoms with Gasteiger partial charge in [0.1, 0.15) is 11.3 Å². The number of aromatic nitrogens is 3. The van der Waals surface area contributed by atoms with Crippen LogP contribution in [0.3, 0.4) is 0 Å². The molecule has 0 unspecified atom stereocenters. The Kier molecular flexibility index (Phi) is 4.34. The van der Waals surface area contributed by atoms with Crippen LogP contribution in [0.1, 0.15) is 11.3 Å². The normalized spacial score (nSPS) is 10.5. The lowest BCUT2D eigenvalue weighted by Crippen LogP contribution is -2.08. The summed E-state index contributed by atoms with van der Waals surface area (Å²) in [6, 6.07) is 7.99. The maximum atomic E-state index is 11.1. The van der Waals surface area contributed by atoms with E-state index in [1.165, 1.54) is 17.7 Å². The van der Waals surface area contributed by atoms with Crippen LogP contribution in [0, 0.1) is 17.0 Å². The number of aryl methyl sites for hydroxylation is 1. The summed E-state index contributed by atoms with van der Waals surface area (Å²) < 4.78 is 0. The molecule has 3 N–H and O–H groups in total. The fraction of sp³-hybridized carbons (Fsp3) is 0.133. The van der Waals surface area contributed by atoms with Crippen LogP contribution < -0.4 is 11.1 Å². The third-order valence-electron chi connectivity index (χ3n) is 3.40. The molecule has 0 atom stereocenters. The highest BCUT2D eigenvalue weighted by atomic mass is 32.1. The van der Waals surface area contributed by atoms with Crippen molar-refractivity contribution in [1.29, 1.82) is 0 Å². The number of nitrogens with zero attached hydrogens (tertiary/aromatic N) is 4. The van der Waals surface area contributed by atoms with Crippen molar-refractivity contribution in [2.45, 2.75) is 13.5 Å². The molecule has 0 bridgehead atoms. The Hall–Kier alpha value is -3.07. The number of nitrogens with one attached hydrogen (secondary N) is 1. The molecule has 122 valence electrons. The minimum Gasteiger partial charge on any atom is -0.378 e. The zero-order chi connectivity index (χ0) is 17.1. The zero-order valence-corrected chi connectivity index (χ0v) is 13.6. The Morgan fingerprint density at radius 3 is 2.88 bits per heavy atom. The minimum absolute atomic E-state index is 0.0814. The van der Waals surface area contributed by atoms with Gasteiger partial charge in [-0.1, -0.05) is 24.3 Å². The summed E-state index contributed by atoms with van der Waals surface area (Å²) in [5, 5.41) is 16.8. The lowest BCUT2D eigenvalue weighted by molar-refractivity contribution is -0.383. The predicted octanol–water partition coefficient (Wildman–Crippen LogP) is 3.01. The van der Waals surface area contributed by atoms with Crippen LogP contribution in [0.25, 0.3) is 10.6 Å². The van der Waals surface area contributed by atoms with Gasteiger partial charge < -0.3 is 11.1 Å². The molecule has 0 amide bonds. The molecule has 3 aromatic rings. The van der Waals surface area contributed by atoms with E-state index in [-0.39, 0.29) is 17.3 Å². The largest absolute Gasteiger partial charge is 0.378 e. The highest BCUT2D eigenvalue weighted by molar-refractivity contribution is 7.13. The van der Waals surface area contributed by atoms with E-state index in [4.69, 9.17) is 5.73 Å². The van der Waals surface area contributed by atoms with Crippen molar-refractivity contribution < 1.29 is 4.92 Å². The molecule has 0 radical (unpaired) electrons. The first-order chi connectivity index (χ1) is 11.6. The second-order valence-corrected chi connectivity index (χ2v) is 5.88. The number of nitrogens with two attached hydrogens (primary N) is 1. The van der Waals surface area contributed by atoms with Crippen LogP contribution in [0.4, 0.5) is 17.3 Å². The maximum Gasteiger partial charge on any atom is 0.352 e. The van der Waals surface area contributed by atoms with Gasteiger partial charge in [-0.2, -0.15) is 0 Å². The van der Waals surface area contributed by atoms with Crippen molar-refractivity contribution in [1.82, 2.24) is 15.0 Å². The number of hydrogen-bond donors (Lipinski definition) is 2. The van der Waals surface area contributed by atoms with Crippen LogP contribution >= 0.6 is 11.3 Å². The van der Waals surface area contributed by atoms with Crippen LogP contribution in [0.2, 0.25) is 0 Å². The van der Waals surface area contributed by atoms with Gasteiger partial charge in [0, 0.05) is 10.9 Å². The van der Waals surface area contributed by atoms with E-state index >= 15 is 0 Å². The number of anilines is 2. The number of rotatable bonds is 5. The smallest absolute Gasteiger partial charge is 0.352 e. The molecule has 24 heavy (non-hydrogen) atoms. The minimum atomic E-state index is -0.600. The lowest BCUT2D eigenvalue weighted by atomic mass is 10.1. The Labute approximate surface area is 141 Å². The standard InChI is InChI=1S/C15H14N6O2S/c1-9-4-2-3-5-11(9)15-20-10(7-24-15)6-17-14-12(21(22)23)13(16)18-8-19-14/h2-5,7-8H,6H2,1H3,(H3,16,17,18,19). The fourth-order valence-corrected chi connectivity index (χ4v) is 3.11. The Morgan fingerprint density at radius 1 is 1.33 bits per heavy atom. The topological polar surface area (TPSA) is 120 Å². The molecule has 0 fully saturated rings. The SMILES string of the molecule is Cc1ccccc1-c1nc(CNc2ncnc(N)c2[N+](=O)[O-])cs1. The van der Waals surface area contributed by atoms with Gasteiger partial charge in [0.25, 0.3) is 0 Å². The van der Waals surface area contributed by atoms with Crippen molar-refractivity contribution in [3.63, 3.8) is 0 Å². The summed E-state index contributed by atoms with van der Waals surface area (Å²) in [5.74, 6) is -0.0886. The highest BCUT2D eigenvalue weighted by Gasteiger charge is 2.20. The van der Waals surface area contributed by atoms with Crippen LogP contribution in [0.5, 0.6) is 0 Å². The van der Waals surface area contributed by atoms with Crippen LogP contribution in [-0.4, -0.2) is 19.9 Å². The van der Waals surface area contributed by atoms with Gasteiger partial charge in [0.05, 0.1) is 17.2 Å². The Bertz CT molecular complexity index is 895. The fourth-order valence-electron chi connectivity index (χ4n) is 2.20. The summed E-state index contributed by atoms with van der Waals surface area (Å²) in [4.78, 5) is 22.6. The van der Waals surface area contributed by atoms with Crippen molar-refractivity contribution in [3.05, 3.63) is 57.3 Å². The third kappa shape index (κ3) is 3.15. The average molecular weight is 342 g/mol. The predicted molar refractivity (Wildman–Crippen MR) is 92.7 cm³/mol. The molecule has 0 aliphatic rings. The van der Waals surface area contributed by atoms with E-state index in [0.29, 0.717) is 6.54 Å². The molecule has 0 saturated heterocycles. The molecule has 3 rings (SSSR count). The molecule has 2 aromatic heterocycles. The zero-order valence-electron chi connectivity index (χ0n) is 12.8. The van der Waals surface area contributed by atoms with Crippen LogP contribution in [0.15, 0.2) is 36.0 Å². The summed E-state index contributed by atoms with van der Waals surface area (Å²) in [6.07, 6.45) is 1.18. The first kappa shape index (κ1) is 15.8. The van der Waals surface area contributed by atoms with Gasteiger partial charge in [-0.05, 0) is 12.5 Å². The number of nitro groups is 1. The monoisotopic (exact) mass is 342 g/mol. The van der Waals surface area contributed by atoms with Crippen molar-refractivity contribution in [3.8, 4) is 10.6 Å². The molecular weight excluding hydrogens is 328 g/mol. The second-order valence-electron chi connectivity index (χ2n) is 5.03. The quantitative estimate of drug-likeness (QED) is 0.540. The first-order valence-electron chi connectivity index (χ1n) is 7.05. The lowest BCUT2D eigenvalue weighted by Gasteiger charge is -2.05. The van der Waals surface area contributed by atoms with Crippen molar-refractivity contribution in [2.75, 3.05) is 11.1 Å². The molecule has 1 aromatic carbocycles. The van der Waals surface area contributed by atoms with E-state index in [1.807, 2.05) is 36.6 Å². The van der Waals surface area contributed by atoms with Gasteiger partial charge in [0.15, 0.2) is 0 Å². The molecule has 0 aliphatic heterocycles. The third-order valence-corrected chi connectivity index (χ3v) is 4.32. The second kappa shape index (κ2) is 6.59. The number of hydrogen-bond acceptors (Lipinski definition) is 8. The molecule has 0 saturated carbocycles. The van der Waals surface area contributed by atoms with E-state index < -0.39 is 4.92 Å². The Morgan fingerprint density at radius 2 is 2.12 bits per heavy atom. The van der Waals surface area contributed by atoms with Gasteiger partial charge in [-0.25, -0.2) is 15.0 Å². The average Bonchev–Trinajstić information content (AvgIpc) is 3.01. The van der Waals surface area contributed by atoms with E-state index in [1.54, 1.807) is 0 Å². The molecule has 2 heterocycles. The van der Waals surface area contributed by atoms with Gasteiger partial charge in [-0.15, -0.1) is 11.3 Å². The van der Waals surface area contributed by atoms with Crippen molar-refractivity contribution >= 4 is 28.7 Å².